The van der Waals surface area contributed by atoms with Gasteiger partial charge in [-0.05, 0) is 39.5 Å². The summed E-state index contributed by atoms with van der Waals surface area (Å²) in [7, 11) is 0. The molecule has 12 heavy (non-hydrogen) atoms. The molecular weight excluding hydrogens is 146 g/mol. The van der Waals surface area contributed by atoms with Crippen molar-refractivity contribution >= 4 is 0 Å². The quantitative estimate of drug-likeness (QED) is 0.540. The highest BCUT2D eigenvalue weighted by atomic mass is 15.2. The Bertz CT molecular complexity index is 195. The summed E-state index contributed by atoms with van der Waals surface area (Å²) in [5, 5.41) is 0. The number of nitrogens with zero attached hydrogens (tertiary/aromatic N) is 1. The third-order valence-corrected chi connectivity index (χ3v) is 3.36. The van der Waals surface area contributed by atoms with Gasteiger partial charge in [0.1, 0.15) is 0 Å². The molecule has 0 saturated carbocycles. The highest BCUT2D eigenvalue weighted by Crippen LogP contribution is 2.39. The number of fused-ring (bicyclic) bond motifs is 2. The van der Waals surface area contributed by atoms with Gasteiger partial charge in [0, 0.05) is 18.1 Å². The minimum absolute atomic E-state index is 0.708. The highest BCUT2D eigenvalue weighted by molar-refractivity contribution is 5.18. The van der Waals surface area contributed by atoms with Crippen LogP contribution in [0.2, 0.25) is 0 Å². The molecule has 0 spiro atoms. The summed E-state index contributed by atoms with van der Waals surface area (Å²) in [6.45, 7) is 8.81. The van der Waals surface area contributed by atoms with Crippen LogP contribution >= 0.6 is 0 Å². The van der Waals surface area contributed by atoms with Crippen LogP contribution in [0.3, 0.4) is 0 Å². The van der Waals surface area contributed by atoms with Crippen molar-refractivity contribution in [2.45, 2.75) is 57.7 Å². The van der Waals surface area contributed by atoms with Gasteiger partial charge in [-0.1, -0.05) is 12.2 Å². The normalized spacial score (nSPS) is 36.4. The van der Waals surface area contributed by atoms with E-state index in [1.54, 1.807) is 0 Å². The van der Waals surface area contributed by atoms with Crippen molar-refractivity contribution in [3.63, 3.8) is 0 Å². The van der Waals surface area contributed by atoms with Crippen molar-refractivity contribution in [1.29, 1.82) is 0 Å². The third kappa shape index (κ3) is 1.11. The second-order valence-electron chi connectivity index (χ2n) is 4.50. The average Bonchev–Trinajstić information content (AvgIpc) is 2.20. The number of piperidine rings is 1. The molecule has 68 valence electrons. The Labute approximate surface area is 75.4 Å². The molecule has 1 heteroatoms. The van der Waals surface area contributed by atoms with Crippen molar-refractivity contribution in [3.8, 4) is 0 Å². The van der Waals surface area contributed by atoms with Crippen molar-refractivity contribution in [3.05, 3.63) is 12.2 Å². The smallest absolute Gasteiger partial charge is 0.0311 e. The monoisotopic (exact) mass is 165 g/mol. The molecule has 0 aromatic rings. The highest BCUT2D eigenvalue weighted by Gasteiger charge is 2.39. The van der Waals surface area contributed by atoms with E-state index in [-0.39, 0.29) is 0 Å². The zero-order chi connectivity index (χ0) is 8.72. The van der Waals surface area contributed by atoms with Gasteiger partial charge >= 0.3 is 0 Å². The van der Waals surface area contributed by atoms with Gasteiger partial charge in [-0.2, -0.15) is 0 Å². The van der Waals surface area contributed by atoms with Crippen LogP contribution in [0.1, 0.15) is 39.5 Å². The second kappa shape index (κ2) is 2.88. The predicted molar refractivity (Wildman–Crippen MR) is 52.2 cm³/mol. The van der Waals surface area contributed by atoms with Crippen LogP contribution in [0.5, 0.6) is 0 Å². The third-order valence-electron chi connectivity index (χ3n) is 3.36. The van der Waals surface area contributed by atoms with Crippen molar-refractivity contribution in [2.24, 2.45) is 0 Å². The van der Waals surface area contributed by atoms with Gasteiger partial charge in [-0.3, -0.25) is 4.90 Å². The van der Waals surface area contributed by atoms with Gasteiger partial charge in [0.15, 0.2) is 0 Å². The first kappa shape index (κ1) is 8.31. The van der Waals surface area contributed by atoms with Gasteiger partial charge in [-0.25, -0.2) is 0 Å². The summed E-state index contributed by atoms with van der Waals surface area (Å²) in [6, 6.07) is 2.26. The SMILES string of the molecule is C=C1C[C@@H]2CCC[C@H]1N2C(C)C. The van der Waals surface area contributed by atoms with E-state index in [0.29, 0.717) is 6.04 Å². The van der Waals surface area contributed by atoms with Crippen LogP contribution in [-0.2, 0) is 0 Å². The van der Waals surface area contributed by atoms with Gasteiger partial charge in [0.25, 0.3) is 0 Å². The number of rotatable bonds is 1. The molecule has 2 atom stereocenters. The first-order chi connectivity index (χ1) is 5.70. The molecule has 0 N–H and O–H groups in total. The molecule has 0 aliphatic carbocycles. The van der Waals surface area contributed by atoms with Crippen LogP contribution < -0.4 is 0 Å². The van der Waals surface area contributed by atoms with Crippen molar-refractivity contribution in [1.82, 2.24) is 4.90 Å². The first-order valence-electron chi connectivity index (χ1n) is 5.15. The minimum Gasteiger partial charge on any atom is -0.291 e. The number of hydrogen-bond donors (Lipinski definition) is 0. The molecule has 1 nitrogen and oxygen atoms in total. The maximum atomic E-state index is 4.19. The Hall–Kier alpha value is -0.300. The Morgan fingerprint density at radius 3 is 2.67 bits per heavy atom. The molecule has 2 aliphatic rings. The molecule has 2 heterocycles. The van der Waals surface area contributed by atoms with Crippen LogP contribution in [0, 0.1) is 0 Å². The van der Waals surface area contributed by atoms with Gasteiger partial charge < -0.3 is 0 Å². The molecule has 2 aliphatic heterocycles. The lowest BCUT2D eigenvalue weighted by molar-refractivity contribution is 0.110. The topological polar surface area (TPSA) is 3.24 Å². The van der Waals surface area contributed by atoms with Crippen LogP contribution in [0.25, 0.3) is 0 Å². The summed E-state index contributed by atoms with van der Waals surface area (Å²) in [5.41, 5.74) is 1.49. The summed E-state index contributed by atoms with van der Waals surface area (Å²) in [4.78, 5) is 2.67. The van der Waals surface area contributed by atoms with Gasteiger partial charge in [0.2, 0.25) is 0 Å². The summed E-state index contributed by atoms with van der Waals surface area (Å²) >= 11 is 0. The molecule has 0 aromatic heterocycles. The molecule has 0 amide bonds. The van der Waals surface area contributed by atoms with E-state index >= 15 is 0 Å². The zero-order valence-electron chi connectivity index (χ0n) is 8.21. The molecule has 2 fully saturated rings. The second-order valence-corrected chi connectivity index (χ2v) is 4.50. The average molecular weight is 165 g/mol. The molecular formula is C11H19N. The largest absolute Gasteiger partial charge is 0.291 e. The lowest BCUT2D eigenvalue weighted by Crippen LogP contribution is -2.44. The lowest BCUT2D eigenvalue weighted by atomic mass is 10.0. The van der Waals surface area contributed by atoms with Gasteiger partial charge in [-0.15, -0.1) is 0 Å². The van der Waals surface area contributed by atoms with E-state index in [1.165, 1.54) is 31.3 Å². The maximum Gasteiger partial charge on any atom is 0.0311 e. The predicted octanol–water partition coefficient (Wildman–Crippen LogP) is 2.58. The maximum absolute atomic E-state index is 4.19. The van der Waals surface area contributed by atoms with E-state index in [1.807, 2.05) is 0 Å². The van der Waals surface area contributed by atoms with E-state index in [2.05, 4.69) is 25.3 Å². The summed E-state index contributed by atoms with van der Waals surface area (Å²) in [5.74, 6) is 0. The Morgan fingerprint density at radius 1 is 1.42 bits per heavy atom. The molecule has 0 radical (unpaired) electrons. The van der Waals surface area contributed by atoms with E-state index in [9.17, 15) is 0 Å². The zero-order valence-corrected chi connectivity index (χ0v) is 8.21. The number of hydrogen-bond acceptors (Lipinski definition) is 1. The van der Waals surface area contributed by atoms with Crippen LogP contribution in [-0.4, -0.2) is 23.0 Å². The van der Waals surface area contributed by atoms with E-state index in [0.717, 1.165) is 12.1 Å². The first-order valence-corrected chi connectivity index (χ1v) is 5.15. The van der Waals surface area contributed by atoms with E-state index < -0.39 is 0 Å². The Balaban J connectivity index is 2.19. The molecule has 2 rings (SSSR count). The summed E-state index contributed by atoms with van der Waals surface area (Å²) in [6.07, 6.45) is 5.43. The Kier molecular flexibility index (Phi) is 1.99. The molecule has 0 aromatic carbocycles. The van der Waals surface area contributed by atoms with E-state index in [4.69, 9.17) is 0 Å². The fourth-order valence-electron chi connectivity index (χ4n) is 2.94. The lowest BCUT2D eigenvalue weighted by Gasteiger charge is -2.37. The van der Waals surface area contributed by atoms with Crippen LogP contribution in [0.15, 0.2) is 12.2 Å². The van der Waals surface area contributed by atoms with Gasteiger partial charge in [0.05, 0.1) is 0 Å². The fraction of sp³-hybridized carbons (Fsp3) is 0.818. The minimum atomic E-state index is 0.708. The fourth-order valence-corrected chi connectivity index (χ4v) is 2.94. The summed E-state index contributed by atoms with van der Waals surface area (Å²) < 4.78 is 0. The van der Waals surface area contributed by atoms with Crippen molar-refractivity contribution in [2.75, 3.05) is 0 Å². The standard InChI is InChI=1S/C11H19N/c1-8(2)12-10-5-4-6-11(12)9(3)7-10/h8,10-11H,3-7H2,1-2H3/t10-,11+/m0/s1. The molecule has 2 bridgehead atoms. The Morgan fingerprint density at radius 2 is 2.17 bits per heavy atom. The molecule has 2 saturated heterocycles. The van der Waals surface area contributed by atoms with Crippen LogP contribution in [0.4, 0.5) is 0 Å². The molecule has 0 unspecified atom stereocenters. The van der Waals surface area contributed by atoms with Crippen molar-refractivity contribution < 1.29 is 0 Å².